The first kappa shape index (κ1) is 31.6. The number of carbonyl (C=O) groups is 2. The van der Waals surface area contributed by atoms with Crippen molar-refractivity contribution < 1.29 is 27.6 Å². The van der Waals surface area contributed by atoms with Crippen molar-refractivity contribution in [1.29, 1.82) is 0 Å². The van der Waals surface area contributed by atoms with Gasteiger partial charge in [-0.2, -0.15) is 18.3 Å². The first-order valence-corrected chi connectivity index (χ1v) is 14.0. The van der Waals surface area contributed by atoms with Gasteiger partial charge in [-0.25, -0.2) is 24.3 Å². The minimum absolute atomic E-state index is 0.00204. The van der Waals surface area contributed by atoms with E-state index in [2.05, 4.69) is 42.5 Å². The molecule has 1 aromatic carbocycles. The van der Waals surface area contributed by atoms with E-state index in [1.807, 2.05) is 0 Å². The van der Waals surface area contributed by atoms with Gasteiger partial charge in [0, 0.05) is 57.2 Å². The van der Waals surface area contributed by atoms with Crippen molar-refractivity contribution in [1.82, 2.24) is 34.4 Å². The van der Waals surface area contributed by atoms with Gasteiger partial charge >= 0.3 is 12.2 Å². The number of aromatic nitrogens is 4. The molecule has 0 aliphatic carbocycles. The van der Waals surface area contributed by atoms with E-state index in [1.165, 1.54) is 20.5 Å². The Balaban J connectivity index is 1.47. The third kappa shape index (κ3) is 7.13. The fraction of sp³-hybridized carbons (Fsp3) is 0.345. The van der Waals surface area contributed by atoms with E-state index in [4.69, 9.17) is 10.6 Å². The molecular weight excluding hydrogens is 593 g/mol. The van der Waals surface area contributed by atoms with Crippen molar-refractivity contribution in [2.45, 2.75) is 19.1 Å². The Bertz CT molecular complexity index is 1690. The molecule has 16 heteroatoms. The second-order valence-corrected chi connectivity index (χ2v) is 10.6. The van der Waals surface area contributed by atoms with Gasteiger partial charge in [0.05, 0.1) is 24.8 Å². The number of fused-ring (bicyclic) bond motifs is 1. The van der Waals surface area contributed by atoms with Gasteiger partial charge in [0.1, 0.15) is 17.7 Å². The van der Waals surface area contributed by atoms with Crippen LogP contribution in [0.3, 0.4) is 0 Å². The lowest BCUT2D eigenvalue weighted by Gasteiger charge is -2.32. The molecule has 1 saturated heterocycles. The number of nitrogens with one attached hydrogen (secondary N) is 2. The van der Waals surface area contributed by atoms with Crippen LogP contribution in [0.4, 0.5) is 35.3 Å². The van der Waals surface area contributed by atoms with E-state index in [0.29, 0.717) is 34.4 Å². The van der Waals surface area contributed by atoms with E-state index >= 15 is 0 Å². The van der Waals surface area contributed by atoms with E-state index < -0.39 is 17.8 Å². The van der Waals surface area contributed by atoms with Crippen molar-refractivity contribution in [3.05, 3.63) is 65.7 Å². The maximum Gasteiger partial charge on any atom is 0.416 e. The molecule has 3 aromatic heterocycles. The van der Waals surface area contributed by atoms with Gasteiger partial charge in [0.25, 0.3) is 0 Å². The molecular formula is C29H33F3N10O3. The van der Waals surface area contributed by atoms with Crippen molar-refractivity contribution in [3.8, 4) is 11.1 Å². The van der Waals surface area contributed by atoms with E-state index in [0.717, 1.165) is 55.3 Å². The van der Waals surface area contributed by atoms with Crippen LogP contribution < -0.4 is 16.4 Å². The van der Waals surface area contributed by atoms with Crippen LogP contribution in [0.5, 0.6) is 0 Å². The number of benzene rings is 1. The number of hydrogen-bond donors (Lipinski definition) is 3. The zero-order valence-corrected chi connectivity index (χ0v) is 24.9. The SMILES string of the molecule is CON(C)C(=O)Cc1c(-c2ccc(NC(=O)Nc3cc(C(F)(F)F)ccn3)cc2)c2c(N)ncnn2c1CN1CCN(C)CC1. The number of halogens is 3. The summed E-state index contributed by atoms with van der Waals surface area (Å²) < 4.78 is 40.8. The monoisotopic (exact) mass is 626 g/mol. The molecule has 0 spiro atoms. The van der Waals surface area contributed by atoms with E-state index in [1.54, 1.807) is 28.8 Å². The molecule has 1 aliphatic rings. The fourth-order valence-corrected chi connectivity index (χ4v) is 5.14. The summed E-state index contributed by atoms with van der Waals surface area (Å²) >= 11 is 0. The molecule has 1 aliphatic heterocycles. The molecule has 3 amide bonds. The Morgan fingerprint density at radius 2 is 1.78 bits per heavy atom. The Kier molecular flexibility index (Phi) is 9.17. The summed E-state index contributed by atoms with van der Waals surface area (Å²) in [5, 5.41) is 10.6. The number of alkyl halides is 3. The van der Waals surface area contributed by atoms with E-state index in [9.17, 15) is 22.8 Å². The Hall–Kier alpha value is -4.80. The van der Waals surface area contributed by atoms with Gasteiger partial charge in [0.15, 0.2) is 5.82 Å². The molecule has 0 saturated carbocycles. The standard InChI is InChI=1S/C29H33F3N10O3/c1-39-10-12-41(13-11-39)16-22-21(15-24(43)40(2)45-3)25(26-27(33)35-17-36-42(22)26)18-4-6-20(7-5-18)37-28(44)38-23-14-19(8-9-34-23)29(30,31)32/h4-9,14,17H,10-13,15-16H2,1-3H3,(H2,33,35,36)(H2,34,37,38,44). The number of hydrogen-bond acceptors (Lipinski definition) is 9. The largest absolute Gasteiger partial charge is 0.416 e. The third-order valence-electron chi connectivity index (χ3n) is 7.64. The number of amides is 3. The van der Waals surface area contributed by atoms with Crippen LogP contribution in [0.25, 0.3) is 16.6 Å². The summed E-state index contributed by atoms with van der Waals surface area (Å²) in [5.41, 5.74) is 9.23. The number of pyridine rings is 1. The van der Waals surface area contributed by atoms with Crippen molar-refractivity contribution in [2.75, 3.05) is 63.8 Å². The van der Waals surface area contributed by atoms with Crippen molar-refractivity contribution in [2.24, 2.45) is 0 Å². The van der Waals surface area contributed by atoms with Crippen LogP contribution in [0.2, 0.25) is 0 Å². The highest BCUT2D eigenvalue weighted by Gasteiger charge is 2.31. The molecule has 13 nitrogen and oxygen atoms in total. The number of likely N-dealkylation sites (N-methyl/N-ethyl adjacent to an activating group) is 2. The molecule has 5 rings (SSSR count). The topological polar surface area (TPSA) is 146 Å². The first-order chi connectivity index (χ1) is 21.4. The van der Waals surface area contributed by atoms with Gasteiger partial charge < -0.3 is 16.0 Å². The van der Waals surface area contributed by atoms with Gasteiger partial charge in [0.2, 0.25) is 5.91 Å². The molecule has 4 N–H and O–H groups in total. The Morgan fingerprint density at radius 1 is 1.07 bits per heavy atom. The second kappa shape index (κ2) is 13.1. The fourth-order valence-electron chi connectivity index (χ4n) is 5.14. The third-order valence-corrected chi connectivity index (χ3v) is 7.64. The molecule has 0 unspecified atom stereocenters. The van der Waals surface area contributed by atoms with Crippen LogP contribution in [0, 0.1) is 0 Å². The first-order valence-electron chi connectivity index (χ1n) is 14.0. The van der Waals surface area contributed by atoms with Crippen molar-refractivity contribution in [3.63, 3.8) is 0 Å². The number of rotatable bonds is 8. The quantitative estimate of drug-likeness (QED) is 0.251. The van der Waals surface area contributed by atoms with Crippen molar-refractivity contribution >= 4 is 34.8 Å². The number of piperazine rings is 1. The molecule has 1 fully saturated rings. The number of carbonyl (C=O) groups excluding carboxylic acids is 2. The average Bonchev–Trinajstić information content (AvgIpc) is 3.31. The lowest BCUT2D eigenvalue weighted by Crippen LogP contribution is -2.44. The lowest BCUT2D eigenvalue weighted by atomic mass is 9.97. The molecule has 4 heterocycles. The average molecular weight is 627 g/mol. The number of nitrogens with two attached hydrogens (primary N) is 1. The second-order valence-electron chi connectivity index (χ2n) is 10.6. The summed E-state index contributed by atoms with van der Waals surface area (Å²) in [6, 6.07) is 7.54. The minimum Gasteiger partial charge on any atom is -0.382 e. The van der Waals surface area contributed by atoms with Crippen LogP contribution in [-0.4, -0.2) is 93.8 Å². The van der Waals surface area contributed by atoms with Crippen LogP contribution in [0.15, 0.2) is 48.9 Å². The van der Waals surface area contributed by atoms with Crippen LogP contribution in [0.1, 0.15) is 16.8 Å². The summed E-state index contributed by atoms with van der Waals surface area (Å²) in [6.45, 7) is 4.00. The Morgan fingerprint density at radius 3 is 2.44 bits per heavy atom. The van der Waals surface area contributed by atoms with Gasteiger partial charge in [-0.15, -0.1) is 0 Å². The summed E-state index contributed by atoms with van der Waals surface area (Å²) in [6.07, 6.45) is -2.24. The molecule has 4 aromatic rings. The number of anilines is 3. The highest BCUT2D eigenvalue weighted by Crippen LogP contribution is 2.37. The molecule has 45 heavy (non-hydrogen) atoms. The normalized spacial score (nSPS) is 14.4. The minimum atomic E-state index is -4.57. The van der Waals surface area contributed by atoms with Gasteiger partial charge in [-0.3, -0.25) is 19.8 Å². The van der Waals surface area contributed by atoms with Crippen LogP contribution >= 0.6 is 0 Å². The molecule has 0 atom stereocenters. The highest BCUT2D eigenvalue weighted by atomic mass is 19.4. The number of hydroxylamine groups is 2. The maximum atomic E-state index is 13.2. The molecule has 238 valence electrons. The predicted octanol–water partition coefficient (Wildman–Crippen LogP) is 3.35. The highest BCUT2D eigenvalue weighted by molar-refractivity contribution is 6.00. The van der Waals surface area contributed by atoms with Gasteiger partial charge in [-0.05, 0) is 42.4 Å². The summed E-state index contributed by atoms with van der Waals surface area (Å²) in [4.78, 5) is 43.4. The summed E-state index contributed by atoms with van der Waals surface area (Å²) in [5.74, 6) is -0.300. The summed E-state index contributed by atoms with van der Waals surface area (Å²) in [7, 11) is 5.02. The number of nitrogen functional groups attached to an aromatic ring is 1. The van der Waals surface area contributed by atoms with Gasteiger partial charge in [-0.1, -0.05) is 12.1 Å². The predicted molar refractivity (Wildman–Crippen MR) is 161 cm³/mol. The molecule has 0 bridgehead atoms. The van der Waals surface area contributed by atoms with Crippen LogP contribution in [-0.2, 0) is 28.8 Å². The molecule has 0 radical (unpaired) electrons. The number of nitrogens with zero attached hydrogens (tertiary/aromatic N) is 7. The number of urea groups is 1. The smallest absolute Gasteiger partial charge is 0.382 e. The zero-order chi connectivity index (χ0) is 32.3. The zero-order valence-electron chi connectivity index (χ0n) is 24.9. The maximum absolute atomic E-state index is 13.2. The Labute approximate surface area is 256 Å². The van der Waals surface area contributed by atoms with E-state index in [-0.39, 0.29) is 24.0 Å². The lowest BCUT2D eigenvalue weighted by molar-refractivity contribution is -0.167.